The number of nitrogens with one attached hydrogen (secondary N) is 1. The van der Waals surface area contributed by atoms with E-state index in [1.54, 1.807) is 6.92 Å². The van der Waals surface area contributed by atoms with Crippen molar-refractivity contribution >= 4 is 10.2 Å². The first-order chi connectivity index (χ1) is 7.33. The number of hydrogen-bond acceptors (Lipinski definition) is 3. The highest BCUT2D eigenvalue weighted by Crippen LogP contribution is 2.05. The third kappa shape index (κ3) is 5.79. The summed E-state index contributed by atoms with van der Waals surface area (Å²) in [5.41, 5.74) is 0. The van der Waals surface area contributed by atoms with E-state index < -0.39 is 16.3 Å². The molecule has 0 rings (SSSR count). The lowest BCUT2D eigenvalue weighted by Crippen LogP contribution is -2.42. The van der Waals surface area contributed by atoms with Gasteiger partial charge in [0.05, 0.1) is 6.10 Å². The smallest absolute Gasteiger partial charge is 0.279 e. The first-order valence-corrected chi connectivity index (χ1v) is 7.20. The van der Waals surface area contributed by atoms with Gasteiger partial charge in [0.15, 0.2) is 0 Å². The molecular weight excluding hydrogens is 228 g/mol. The summed E-state index contributed by atoms with van der Waals surface area (Å²) >= 11 is 0. The van der Waals surface area contributed by atoms with Gasteiger partial charge in [-0.05, 0) is 19.3 Å². The number of rotatable bonds is 8. The van der Waals surface area contributed by atoms with Gasteiger partial charge in [-0.15, -0.1) is 0 Å². The molecule has 6 heteroatoms. The molecule has 16 heavy (non-hydrogen) atoms. The SMILES string of the molecule is CCN(CC)S(=O)(=O)NCC(C)CC(C)O. The molecular formula is C10H24N2O3S. The molecule has 0 spiro atoms. The average Bonchev–Trinajstić information content (AvgIpc) is 2.15. The lowest BCUT2D eigenvalue weighted by atomic mass is 10.1. The molecule has 0 heterocycles. The van der Waals surface area contributed by atoms with Crippen LogP contribution in [0.25, 0.3) is 0 Å². The Balaban J connectivity index is 4.18. The fraction of sp³-hybridized carbons (Fsp3) is 1.00. The van der Waals surface area contributed by atoms with Crippen molar-refractivity contribution in [3.8, 4) is 0 Å². The van der Waals surface area contributed by atoms with Gasteiger partial charge in [-0.3, -0.25) is 0 Å². The lowest BCUT2D eigenvalue weighted by Gasteiger charge is -2.21. The molecule has 2 atom stereocenters. The van der Waals surface area contributed by atoms with Crippen LogP contribution in [0.15, 0.2) is 0 Å². The Morgan fingerprint density at radius 1 is 1.25 bits per heavy atom. The standard InChI is InChI=1S/C10H24N2O3S/c1-5-12(6-2)16(14,15)11-8-9(3)7-10(4)13/h9-11,13H,5-8H2,1-4H3. The van der Waals surface area contributed by atoms with Crippen molar-refractivity contribution in [1.82, 2.24) is 9.03 Å². The zero-order chi connectivity index (χ0) is 12.8. The first kappa shape index (κ1) is 15.8. The van der Waals surface area contributed by atoms with Crippen LogP contribution in [0.2, 0.25) is 0 Å². The Bertz CT molecular complexity index is 274. The highest BCUT2D eigenvalue weighted by Gasteiger charge is 2.19. The van der Waals surface area contributed by atoms with Crippen molar-refractivity contribution in [1.29, 1.82) is 0 Å². The quantitative estimate of drug-likeness (QED) is 0.663. The maximum atomic E-state index is 11.7. The monoisotopic (exact) mass is 252 g/mol. The van der Waals surface area contributed by atoms with E-state index in [-0.39, 0.29) is 5.92 Å². The van der Waals surface area contributed by atoms with Gasteiger partial charge in [0.1, 0.15) is 0 Å². The van der Waals surface area contributed by atoms with Gasteiger partial charge in [0, 0.05) is 19.6 Å². The summed E-state index contributed by atoms with van der Waals surface area (Å²) in [4.78, 5) is 0. The minimum Gasteiger partial charge on any atom is -0.393 e. The van der Waals surface area contributed by atoms with Gasteiger partial charge >= 0.3 is 0 Å². The van der Waals surface area contributed by atoms with Gasteiger partial charge < -0.3 is 5.11 Å². The van der Waals surface area contributed by atoms with Crippen molar-refractivity contribution in [2.75, 3.05) is 19.6 Å². The molecule has 0 aliphatic carbocycles. The molecule has 0 aliphatic rings. The van der Waals surface area contributed by atoms with E-state index in [2.05, 4.69) is 4.72 Å². The molecule has 0 radical (unpaired) electrons. The number of aliphatic hydroxyl groups excluding tert-OH is 1. The second kappa shape index (κ2) is 7.21. The molecule has 98 valence electrons. The Hall–Kier alpha value is -0.170. The number of hydrogen-bond donors (Lipinski definition) is 2. The summed E-state index contributed by atoms with van der Waals surface area (Å²) in [6, 6.07) is 0. The maximum Gasteiger partial charge on any atom is 0.279 e. The van der Waals surface area contributed by atoms with Gasteiger partial charge in [0.2, 0.25) is 0 Å². The van der Waals surface area contributed by atoms with Crippen LogP contribution in [0, 0.1) is 5.92 Å². The van der Waals surface area contributed by atoms with E-state index in [9.17, 15) is 8.42 Å². The molecule has 0 aromatic carbocycles. The summed E-state index contributed by atoms with van der Waals surface area (Å²) in [5, 5.41) is 9.17. The predicted molar refractivity (Wildman–Crippen MR) is 65.3 cm³/mol. The maximum absolute atomic E-state index is 11.7. The first-order valence-electron chi connectivity index (χ1n) is 5.76. The topological polar surface area (TPSA) is 69.6 Å². The Morgan fingerprint density at radius 3 is 2.12 bits per heavy atom. The molecule has 0 aromatic heterocycles. The Labute approximate surface area is 99.0 Å². The summed E-state index contributed by atoms with van der Waals surface area (Å²) in [5.74, 6) is 0.130. The molecule has 0 saturated carbocycles. The Kier molecular flexibility index (Phi) is 7.14. The third-order valence-electron chi connectivity index (χ3n) is 2.40. The molecule has 0 aromatic rings. The van der Waals surface area contributed by atoms with Crippen LogP contribution in [0.4, 0.5) is 0 Å². The van der Waals surface area contributed by atoms with Crippen molar-refractivity contribution in [3.05, 3.63) is 0 Å². The molecule has 2 unspecified atom stereocenters. The van der Waals surface area contributed by atoms with E-state index in [1.807, 2.05) is 20.8 Å². The zero-order valence-corrected chi connectivity index (χ0v) is 11.4. The van der Waals surface area contributed by atoms with E-state index in [0.717, 1.165) is 0 Å². The van der Waals surface area contributed by atoms with Crippen LogP contribution in [0.1, 0.15) is 34.1 Å². The lowest BCUT2D eigenvalue weighted by molar-refractivity contribution is 0.164. The highest BCUT2D eigenvalue weighted by atomic mass is 32.2. The largest absolute Gasteiger partial charge is 0.393 e. The van der Waals surface area contributed by atoms with Gasteiger partial charge in [-0.2, -0.15) is 12.7 Å². The third-order valence-corrected chi connectivity index (χ3v) is 4.13. The van der Waals surface area contributed by atoms with Crippen molar-refractivity contribution in [3.63, 3.8) is 0 Å². The van der Waals surface area contributed by atoms with Crippen molar-refractivity contribution < 1.29 is 13.5 Å². The molecule has 5 nitrogen and oxygen atoms in total. The molecule has 0 aliphatic heterocycles. The molecule has 2 N–H and O–H groups in total. The summed E-state index contributed by atoms with van der Waals surface area (Å²) in [6.07, 6.45) is 0.203. The van der Waals surface area contributed by atoms with E-state index >= 15 is 0 Å². The summed E-state index contributed by atoms with van der Waals surface area (Å²) in [6.45, 7) is 8.54. The van der Waals surface area contributed by atoms with Crippen LogP contribution >= 0.6 is 0 Å². The van der Waals surface area contributed by atoms with Crippen LogP contribution in [-0.2, 0) is 10.2 Å². The predicted octanol–water partition coefficient (Wildman–Crippen LogP) is 0.570. The van der Waals surface area contributed by atoms with Crippen LogP contribution in [0.5, 0.6) is 0 Å². The number of aliphatic hydroxyl groups is 1. The molecule has 0 amide bonds. The summed E-state index contributed by atoms with van der Waals surface area (Å²) < 4.78 is 27.4. The van der Waals surface area contributed by atoms with E-state index in [1.165, 1.54) is 4.31 Å². The van der Waals surface area contributed by atoms with Gasteiger partial charge in [-0.25, -0.2) is 4.72 Å². The normalized spacial score (nSPS) is 16.4. The molecule has 0 bridgehead atoms. The highest BCUT2D eigenvalue weighted by molar-refractivity contribution is 7.87. The number of nitrogens with zero attached hydrogens (tertiary/aromatic N) is 1. The second-order valence-corrected chi connectivity index (χ2v) is 5.88. The summed E-state index contributed by atoms with van der Waals surface area (Å²) in [7, 11) is -3.35. The Morgan fingerprint density at radius 2 is 1.75 bits per heavy atom. The van der Waals surface area contributed by atoms with Crippen LogP contribution < -0.4 is 4.72 Å². The van der Waals surface area contributed by atoms with Gasteiger partial charge in [0.25, 0.3) is 10.2 Å². The minimum atomic E-state index is -3.35. The van der Waals surface area contributed by atoms with E-state index in [0.29, 0.717) is 26.1 Å². The van der Waals surface area contributed by atoms with Crippen molar-refractivity contribution in [2.24, 2.45) is 5.92 Å². The van der Waals surface area contributed by atoms with E-state index in [4.69, 9.17) is 5.11 Å². The van der Waals surface area contributed by atoms with Crippen LogP contribution in [-0.4, -0.2) is 43.6 Å². The van der Waals surface area contributed by atoms with Crippen molar-refractivity contribution in [2.45, 2.75) is 40.2 Å². The zero-order valence-electron chi connectivity index (χ0n) is 10.6. The average molecular weight is 252 g/mol. The van der Waals surface area contributed by atoms with Crippen LogP contribution in [0.3, 0.4) is 0 Å². The second-order valence-electron chi connectivity index (χ2n) is 4.13. The molecule has 0 saturated heterocycles. The van der Waals surface area contributed by atoms with Gasteiger partial charge in [-0.1, -0.05) is 20.8 Å². The fourth-order valence-corrected chi connectivity index (χ4v) is 2.93. The fourth-order valence-electron chi connectivity index (χ4n) is 1.57. The minimum absolute atomic E-state index is 0.130. The molecule has 0 fully saturated rings.